The Labute approximate surface area is 143 Å². The van der Waals surface area contributed by atoms with Gasteiger partial charge in [0.2, 0.25) is 10.0 Å². The van der Waals surface area contributed by atoms with Gasteiger partial charge in [-0.25, -0.2) is 8.42 Å². The second-order valence-corrected chi connectivity index (χ2v) is 7.82. The number of hydrogen-bond acceptors (Lipinski definition) is 4. The monoisotopic (exact) mass is 352 g/mol. The Hall–Kier alpha value is -1.70. The predicted molar refractivity (Wildman–Crippen MR) is 92.4 cm³/mol. The normalized spacial score (nSPS) is 16.1. The van der Waals surface area contributed by atoms with Gasteiger partial charge in [-0.1, -0.05) is 6.08 Å². The maximum Gasteiger partial charge on any atom is 0.254 e. The molecule has 0 aromatic heterocycles. The van der Waals surface area contributed by atoms with E-state index in [0.717, 1.165) is 0 Å². The van der Waals surface area contributed by atoms with Crippen LogP contribution < -0.4 is 0 Å². The topological polar surface area (TPSA) is 66.9 Å². The van der Waals surface area contributed by atoms with E-state index in [2.05, 4.69) is 6.58 Å². The number of hydrogen-bond donors (Lipinski definition) is 0. The van der Waals surface area contributed by atoms with Gasteiger partial charge in [-0.3, -0.25) is 4.79 Å². The number of morpholine rings is 1. The molecule has 1 amide bonds. The van der Waals surface area contributed by atoms with Crippen LogP contribution in [-0.2, 0) is 14.8 Å². The molecular weight excluding hydrogens is 328 g/mol. The Balaban J connectivity index is 2.20. The van der Waals surface area contributed by atoms with Crippen molar-refractivity contribution in [1.29, 1.82) is 0 Å². The standard InChI is InChI=1S/C17H24N2O4S/c1-4-9-19(14(2)3)17(20)15-5-7-16(8-6-15)24(21,22)18-10-12-23-13-11-18/h4-8,14H,1,9-13H2,2-3H3. The molecule has 0 atom stereocenters. The van der Waals surface area contributed by atoms with Gasteiger partial charge in [-0.2, -0.15) is 4.31 Å². The van der Waals surface area contributed by atoms with Crippen LogP contribution in [0.4, 0.5) is 0 Å². The third kappa shape index (κ3) is 4.03. The molecule has 132 valence electrons. The second kappa shape index (κ2) is 7.92. The molecule has 7 heteroatoms. The fourth-order valence-corrected chi connectivity index (χ4v) is 3.95. The lowest BCUT2D eigenvalue weighted by molar-refractivity contribution is 0.0728. The van der Waals surface area contributed by atoms with Crippen molar-refractivity contribution in [3.63, 3.8) is 0 Å². The summed E-state index contributed by atoms with van der Waals surface area (Å²) in [6.45, 7) is 9.48. The van der Waals surface area contributed by atoms with Gasteiger partial charge in [0.15, 0.2) is 0 Å². The molecule has 0 bridgehead atoms. The zero-order valence-corrected chi connectivity index (χ0v) is 15.0. The van der Waals surface area contributed by atoms with Crippen molar-refractivity contribution in [2.75, 3.05) is 32.8 Å². The van der Waals surface area contributed by atoms with Gasteiger partial charge in [0, 0.05) is 31.2 Å². The summed E-state index contributed by atoms with van der Waals surface area (Å²) in [7, 11) is -3.54. The van der Waals surface area contributed by atoms with E-state index in [9.17, 15) is 13.2 Å². The highest BCUT2D eigenvalue weighted by Crippen LogP contribution is 2.18. The van der Waals surface area contributed by atoms with E-state index in [1.54, 1.807) is 23.1 Å². The van der Waals surface area contributed by atoms with Crippen LogP contribution in [0.3, 0.4) is 0 Å². The van der Waals surface area contributed by atoms with Crippen LogP contribution >= 0.6 is 0 Å². The highest BCUT2D eigenvalue weighted by atomic mass is 32.2. The highest BCUT2D eigenvalue weighted by Gasteiger charge is 2.26. The summed E-state index contributed by atoms with van der Waals surface area (Å²) >= 11 is 0. The minimum absolute atomic E-state index is 0.0345. The third-order valence-corrected chi connectivity index (χ3v) is 5.83. The lowest BCUT2D eigenvalue weighted by Crippen LogP contribution is -2.40. The summed E-state index contributed by atoms with van der Waals surface area (Å²) in [5, 5.41) is 0. The largest absolute Gasteiger partial charge is 0.379 e. The van der Waals surface area contributed by atoms with Crippen LogP contribution in [0.25, 0.3) is 0 Å². The molecule has 0 radical (unpaired) electrons. The van der Waals surface area contributed by atoms with Crippen LogP contribution in [0.15, 0.2) is 41.8 Å². The molecule has 0 unspecified atom stereocenters. The molecule has 1 aliphatic rings. The molecule has 1 aromatic carbocycles. The van der Waals surface area contributed by atoms with Crippen molar-refractivity contribution < 1.29 is 17.9 Å². The Morgan fingerprint density at radius 2 is 1.88 bits per heavy atom. The van der Waals surface area contributed by atoms with Crippen molar-refractivity contribution in [2.45, 2.75) is 24.8 Å². The molecule has 0 aliphatic carbocycles. The molecule has 1 aliphatic heterocycles. The lowest BCUT2D eigenvalue weighted by Gasteiger charge is -2.27. The van der Waals surface area contributed by atoms with E-state index in [0.29, 0.717) is 38.4 Å². The van der Waals surface area contributed by atoms with Crippen LogP contribution in [0.2, 0.25) is 0 Å². The predicted octanol–water partition coefficient (Wildman–Crippen LogP) is 1.74. The number of ether oxygens (including phenoxy) is 1. The highest BCUT2D eigenvalue weighted by molar-refractivity contribution is 7.89. The summed E-state index contributed by atoms with van der Waals surface area (Å²) in [4.78, 5) is 14.4. The molecule has 1 aromatic rings. The Kier molecular flexibility index (Phi) is 6.15. The first-order chi connectivity index (χ1) is 11.4. The summed E-state index contributed by atoms with van der Waals surface area (Å²) < 4.78 is 31.7. The number of amides is 1. The van der Waals surface area contributed by atoms with Crippen molar-refractivity contribution in [3.05, 3.63) is 42.5 Å². The van der Waals surface area contributed by atoms with Gasteiger partial charge < -0.3 is 9.64 Å². The molecule has 2 rings (SSSR count). The first kappa shape index (κ1) is 18.6. The maximum absolute atomic E-state index is 12.6. The number of carbonyl (C=O) groups excluding carboxylic acids is 1. The lowest BCUT2D eigenvalue weighted by atomic mass is 10.1. The summed E-state index contributed by atoms with van der Waals surface area (Å²) in [5.41, 5.74) is 0.464. The van der Waals surface area contributed by atoms with Crippen molar-refractivity contribution in [1.82, 2.24) is 9.21 Å². The molecule has 24 heavy (non-hydrogen) atoms. The molecule has 0 N–H and O–H groups in total. The van der Waals surface area contributed by atoms with Gasteiger partial charge >= 0.3 is 0 Å². The average Bonchev–Trinajstić information content (AvgIpc) is 2.59. The van der Waals surface area contributed by atoms with Crippen molar-refractivity contribution >= 4 is 15.9 Å². The van der Waals surface area contributed by atoms with E-state index in [4.69, 9.17) is 4.74 Å². The zero-order chi connectivity index (χ0) is 17.7. The van der Waals surface area contributed by atoms with E-state index < -0.39 is 10.0 Å². The van der Waals surface area contributed by atoms with Crippen LogP contribution in [0.5, 0.6) is 0 Å². The fraction of sp³-hybridized carbons (Fsp3) is 0.471. The molecular formula is C17H24N2O4S. The number of carbonyl (C=O) groups is 1. The fourth-order valence-electron chi connectivity index (χ4n) is 2.54. The molecule has 0 spiro atoms. The first-order valence-corrected chi connectivity index (χ1v) is 9.41. The number of sulfonamides is 1. The maximum atomic E-state index is 12.6. The van der Waals surface area contributed by atoms with Gasteiger partial charge in [0.1, 0.15) is 0 Å². The van der Waals surface area contributed by atoms with Crippen LogP contribution in [-0.4, -0.2) is 62.4 Å². The Morgan fingerprint density at radius 3 is 2.38 bits per heavy atom. The number of rotatable bonds is 6. The zero-order valence-electron chi connectivity index (χ0n) is 14.1. The SMILES string of the molecule is C=CCN(C(=O)c1ccc(S(=O)(=O)N2CCOCC2)cc1)C(C)C. The second-order valence-electron chi connectivity index (χ2n) is 5.88. The third-order valence-electron chi connectivity index (χ3n) is 3.92. The number of benzene rings is 1. The van der Waals surface area contributed by atoms with E-state index in [1.165, 1.54) is 16.4 Å². The molecule has 0 saturated carbocycles. The molecule has 1 saturated heterocycles. The van der Waals surface area contributed by atoms with Crippen LogP contribution in [0, 0.1) is 0 Å². The average molecular weight is 352 g/mol. The first-order valence-electron chi connectivity index (χ1n) is 7.97. The van der Waals surface area contributed by atoms with Gasteiger partial charge in [0.05, 0.1) is 18.1 Å². The summed E-state index contributed by atoms with van der Waals surface area (Å²) in [5.74, 6) is -0.139. The van der Waals surface area contributed by atoms with E-state index in [1.807, 2.05) is 13.8 Å². The Morgan fingerprint density at radius 1 is 1.29 bits per heavy atom. The van der Waals surface area contributed by atoms with E-state index in [-0.39, 0.29) is 16.8 Å². The number of nitrogens with zero attached hydrogens (tertiary/aromatic N) is 2. The van der Waals surface area contributed by atoms with Gasteiger partial charge in [-0.15, -0.1) is 6.58 Å². The quantitative estimate of drug-likeness (QED) is 0.732. The summed E-state index contributed by atoms with van der Waals surface area (Å²) in [6.07, 6.45) is 1.68. The molecule has 1 fully saturated rings. The molecule has 1 heterocycles. The van der Waals surface area contributed by atoms with Gasteiger partial charge in [-0.05, 0) is 38.1 Å². The van der Waals surface area contributed by atoms with Crippen LogP contribution in [0.1, 0.15) is 24.2 Å². The van der Waals surface area contributed by atoms with Gasteiger partial charge in [0.25, 0.3) is 5.91 Å². The van der Waals surface area contributed by atoms with E-state index >= 15 is 0 Å². The Bertz CT molecular complexity index is 677. The van der Waals surface area contributed by atoms with Crippen molar-refractivity contribution in [3.8, 4) is 0 Å². The minimum Gasteiger partial charge on any atom is -0.379 e. The molecule has 6 nitrogen and oxygen atoms in total. The minimum atomic E-state index is -3.54. The smallest absolute Gasteiger partial charge is 0.254 e. The summed E-state index contributed by atoms with van der Waals surface area (Å²) in [6, 6.07) is 6.14. The van der Waals surface area contributed by atoms with Crippen molar-refractivity contribution in [2.24, 2.45) is 0 Å².